The van der Waals surface area contributed by atoms with Gasteiger partial charge in [0.05, 0.1) is 0 Å². The van der Waals surface area contributed by atoms with Gasteiger partial charge in [-0.3, -0.25) is 4.98 Å². The van der Waals surface area contributed by atoms with Crippen molar-refractivity contribution >= 4 is 0 Å². The summed E-state index contributed by atoms with van der Waals surface area (Å²) in [5, 5.41) is 3.66. The summed E-state index contributed by atoms with van der Waals surface area (Å²) in [6.07, 6.45) is 4.09. The van der Waals surface area contributed by atoms with E-state index in [2.05, 4.69) is 50.1 Å². The largest absolute Gasteiger partial charge is 0.313 e. The Morgan fingerprint density at radius 2 is 2.00 bits per heavy atom. The molecule has 0 spiro atoms. The van der Waals surface area contributed by atoms with Crippen molar-refractivity contribution in [2.75, 3.05) is 6.54 Å². The van der Waals surface area contributed by atoms with Gasteiger partial charge in [0, 0.05) is 24.4 Å². The topological polar surface area (TPSA) is 24.9 Å². The fourth-order valence-corrected chi connectivity index (χ4v) is 1.98. The van der Waals surface area contributed by atoms with Gasteiger partial charge in [-0.25, -0.2) is 0 Å². The van der Waals surface area contributed by atoms with Gasteiger partial charge < -0.3 is 5.32 Å². The highest BCUT2D eigenvalue weighted by Crippen LogP contribution is 2.17. The Bertz CT molecular complexity index is 295. The fourth-order valence-electron chi connectivity index (χ4n) is 1.98. The van der Waals surface area contributed by atoms with Crippen molar-refractivity contribution in [1.82, 2.24) is 10.3 Å². The maximum absolute atomic E-state index is 4.43. The predicted molar refractivity (Wildman–Crippen MR) is 74.0 cm³/mol. The molecule has 0 fully saturated rings. The second-order valence-corrected chi connectivity index (χ2v) is 5.19. The number of pyridine rings is 1. The van der Waals surface area contributed by atoms with Crippen molar-refractivity contribution in [1.29, 1.82) is 0 Å². The predicted octanol–water partition coefficient (Wildman–Crippen LogP) is 3.28. The average molecular weight is 234 g/mol. The molecule has 1 rings (SSSR count). The molecule has 0 saturated heterocycles. The van der Waals surface area contributed by atoms with Crippen LogP contribution < -0.4 is 5.32 Å². The van der Waals surface area contributed by atoms with Gasteiger partial charge in [-0.2, -0.15) is 0 Å². The van der Waals surface area contributed by atoms with Crippen molar-refractivity contribution in [2.24, 2.45) is 11.8 Å². The molecule has 96 valence electrons. The molecule has 2 heteroatoms. The number of rotatable bonds is 7. The van der Waals surface area contributed by atoms with Crippen LogP contribution in [0, 0.1) is 11.8 Å². The van der Waals surface area contributed by atoms with E-state index in [1.54, 1.807) is 0 Å². The summed E-state index contributed by atoms with van der Waals surface area (Å²) in [7, 11) is 0. The Hall–Kier alpha value is -0.890. The molecule has 2 atom stereocenters. The van der Waals surface area contributed by atoms with E-state index < -0.39 is 0 Å². The van der Waals surface area contributed by atoms with Crippen molar-refractivity contribution < 1.29 is 0 Å². The SMILES string of the molecule is CCCNC(Cc1ccccn1)C(C)C(C)C. The van der Waals surface area contributed by atoms with E-state index in [9.17, 15) is 0 Å². The first kappa shape index (κ1) is 14.2. The number of hydrogen-bond acceptors (Lipinski definition) is 2. The smallest absolute Gasteiger partial charge is 0.0419 e. The highest BCUT2D eigenvalue weighted by molar-refractivity contribution is 5.05. The van der Waals surface area contributed by atoms with Crippen molar-refractivity contribution in [3.8, 4) is 0 Å². The minimum Gasteiger partial charge on any atom is -0.313 e. The number of nitrogens with one attached hydrogen (secondary N) is 1. The highest BCUT2D eigenvalue weighted by atomic mass is 14.9. The molecule has 1 N–H and O–H groups in total. The first-order chi connectivity index (χ1) is 8.15. The molecule has 0 radical (unpaired) electrons. The van der Waals surface area contributed by atoms with E-state index in [1.807, 2.05) is 12.3 Å². The molecular formula is C15H26N2. The number of hydrogen-bond donors (Lipinski definition) is 1. The maximum atomic E-state index is 4.43. The Balaban J connectivity index is 2.63. The summed E-state index contributed by atoms with van der Waals surface area (Å²) in [4.78, 5) is 4.43. The third-order valence-electron chi connectivity index (χ3n) is 3.50. The van der Waals surface area contributed by atoms with E-state index >= 15 is 0 Å². The molecule has 0 saturated carbocycles. The third-order valence-corrected chi connectivity index (χ3v) is 3.50. The summed E-state index contributed by atoms with van der Waals surface area (Å²) in [6.45, 7) is 10.2. The second kappa shape index (κ2) is 7.44. The third kappa shape index (κ3) is 4.86. The lowest BCUT2D eigenvalue weighted by atomic mass is 9.87. The molecule has 0 aliphatic carbocycles. The lowest BCUT2D eigenvalue weighted by Crippen LogP contribution is -2.39. The van der Waals surface area contributed by atoms with Gasteiger partial charge in [0.1, 0.15) is 0 Å². The molecule has 0 aromatic carbocycles. The number of aromatic nitrogens is 1. The zero-order chi connectivity index (χ0) is 12.7. The summed E-state index contributed by atoms with van der Waals surface area (Å²) < 4.78 is 0. The van der Waals surface area contributed by atoms with Crippen LogP contribution in [0.1, 0.15) is 39.8 Å². The fraction of sp³-hybridized carbons (Fsp3) is 0.667. The monoisotopic (exact) mass is 234 g/mol. The van der Waals surface area contributed by atoms with Gasteiger partial charge in [-0.05, 0) is 36.9 Å². The van der Waals surface area contributed by atoms with Gasteiger partial charge in [0.15, 0.2) is 0 Å². The van der Waals surface area contributed by atoms with E-state index in [1.165, 1.54) is 12.1 Å². The summed E-state index contributed by atoms with van der Waals surface area (Å²) in [6, 6.07) is 6.70. The maximum Gasteiger partial charge on any atom is 0.0419 e. The average Bonchev–Trinajstić information content (AvgIpc) is 2.34. The van der Waals surface area contributed by atoms with Crippen molar-refractivity contribution in [2.45, 2.75) is 46.6 Å². The molecule has 0 bridgehead atoms. The number of nitrogens with zero attached hydrogens (tertiary/aromatic N) is 1. The van der Waals surface area contributed by atoms with E-state index in [0.29, 0.717) is 17.9 Å². The first-order valence-corrected chi connectivity index (χ1v) is 6.78. The summed E-state index contributed by atoms with van der Waals surface area (Å²) in [5.41, 5.74) is 1.19. The minimum absolute atomic E-state index is 0.532. The van der Waals surface area contributed by atoms with Gasteiger partial charge >= 0.3 is 0 Å². The minimum atomic E-state index is 0.532. The van der Waals surface area contributed by atoms with Crippen molar-refractivity contribution in [3.05, 3.63) is 30.1 Å². The van der Waals surface area contributed by atoms with Gasteiger partial charge in [-0.1, -0.05) is 33.8 Å². The molecule has 1 heterocycles. The van der Waals surface area contributed by atoms with Crippen molar-refractivity contribution in [3.63, 3.8) is 0 Å². The van der Waals surface area contributed by atoms with Crippen LogP contribution in [0.5, 0.6) is 0 Å². The van der Waals surface area contributed by atoms with Gasteiger partial charge in [0.25, 0.3) is 0 Å². The molecule has 17 heavy (non-hydrogen) atoms. The van der Waals surface area contributed by atoms with E-state index in [0.717, 1.165) is 13.0 Å². The van der Waals surface area contributed by atoms with Crippen LogP contribution in [0.2, 0.25) is 0 Å². The lowest BCUT2D eigenvalue weighted by Gasteiger charge is -2.28. The van der Waals surface area contributed by atoms with Crippen LogP contribution >= 0.6 is 0 Å². The molecule has 0 aliphatic heterocycles. The highest BCUT2D eigenvalue weighted by Gasteiger charge is 2.20. The van der Waals surface area contributed by atoms with E-state index in [-0.39, 0.29) is 0 Å². The zero-order valence-corrected chi connectivity index (χ0v) is 11.6. The molecule has 1 aromatic heterocycles. The van der Waals surface area contributed by atoms with Crippen LogP contribution in [-0.2, 0) is 6.42 Å². The Labute approximate surface area is 106 Å². The van der Waals surface area contributed by atoms with Crippen LogP contribution in [-0.4, -0.2) is 17.6 Å². The van der Waals surface area contributed by atoms with Gasteiger partial charge in [-0.15, -0.1) is 0 Å². The van der Waals surface area contributed by atoms with Crippen LogP contribution in [0.25, 0.3) is 0 Å². The Kier molecular flexibility index (Phi) is 6.20. The molecule has 2 unspecified atom stereocenters. The van der Waals surface area contributed by atoms with Crippen LogP contribution in [0.3, 0.4) is 0 Å². The quantitative estimate of drug-likeness (QED) is 0.783. The first-order valence-electron chi connectivity index (χ1n) is 6.78. The van der Waals surface area contributed by atoms with E-state index in [4.69, 9.17) is 0 Å². The normalized spacial score (nSPS) is 14.9. The summed E-state index contributed by atoms with van der Waals surface area (Å²) in [5.74, 6) is 1.37. The molecule has 2 nitrogen and oxygen atoms in total. The Morgan fingerprint density at radius 1 is 1.24 bits per heavy atom. The lowest BCUT2D eigenvalue weighted by molar-refractivity contribution is 0.295. The summed E-state index contributed by atoms with van der Waals surface area (Å²) >= 11 is 0. The zero-order valence-electron chi connectivity index (χ0n) is 11.6. The second-order valence-electron chi connectivity index (χ2n) is 5.19. The molecule has 0 aliphatic rings. The van der Waals surface area contributed by atoms with Crippen LogP contribution in [0.15, 0.2) is 24.4 Å². The van der Waals surface area contributed by atoms with Gasteiger partial charge in [0.2, 0.25) is 0 Å². The molecule has 1 aromatic rings. The Morgan fingerprint density at radius 3 is 2.53 bits per heavy atom. The molecule has 0 amide bonds. The standard InChI is InChI=1S/C15H26N2/c1-5-9-17-15(13(4)12(2)3)11-14-8-6-7-10-16-14/h6-8,10,12-13,15,17H,5,9,11H2,1-4H3. The van der Waals surface area contributed by atoms with Crippen LogP contribution in [0.4, 0.5) is 0 Å². The molecular weight excluding hydrogens is 208 g/mol.